The molecular formula is C12H11F15O3S. The number of halogens is 15. The third-order valence-electron chi connectivity index (χ3n) is 3.78. The zero-order valence-electron chi connectivity index (χ0n) is 14.4. The van der Waals surface area contributed by atoms with Crippen LogP contribution in [0, 0.1) is 0 Å². The van der Waals surface area contributed by atoms with Gasteiger partial charge in [-0.15, -0.1) is 0 Å². The predicted molar refractivity (Wildman–Crippen MR) is 70.4 cm³/mol. The Hall–Kier alpha value is -1.14. The minimum absolute atomic E-state index is 0.982. The molecule has 0 aliphatic carbocycles. The lowest BCUT2D eigenvalue weighted by Crippen LogP contribution is -2.71. The summed E-state index contributed by atoms with van der Waals surface area (Å²) in [5.41, 5.74) is 0. The number of alkyl halides is 15. The van der Waals surface area contributed by atoms with Gasteiger partial charge in [0.25, 0.3) is 0 Å². The quantitative estimate of drug-likeness (QED) is 0.202. The first-order valence-electron chi connectivity index (χ1n) is 7.51. The normalized spacial score (nSPS) is 16.0. The summed E-state index contributed by atoms with van der Waals surface area (Å²) in [6, 6.07) is 0. The molecule has 0 spiro atoms. The van der Waals surface area contributed by atoms with Gasteiger partial charge < -0.3 is 0 Å². The van der Waals surface area contributed by atoms with E-state index in [1.165, 1.54) is 0 Å². The van der Waals surface area contributed by atoms with E-state index in [4.69, 9.17) is 4.55 Å². The SMILES string of the molecule is O=S(=O)(O)C(F)(F)C(F)(F)C(F)(F)C(F)(F)C(F)(F)C(F)(F)CCCCCC(F)(F)F. The van der Waals surface area contributed by atoms with E-state index >= 15 is 0 Å². The molecule has 0 bridgehead atoms. The zero-order chi connectivity index (χ0) is 25.5. The zero-order valence-corrected chi connectivity index (χ0v) is 15.2. The Morgan fingerprint density at radius 1 is 0.516 bits per heavy atom. The molecule has 3 nitrogen and oxygen atoms in total. The summed E-state index contributed by atoms with van der Waals surface area (Å²) in [5.74, 6) is -38.1. The van der Waals surface area contributed by atoms with Gasteiger partial charge in [-0.05, 0) is 12.8 Å². The van der Waals surface area contributed by atoms with Gasteiger partial charge in [0.05, 0.1) is 0 Å². The lowest BCUT2D eigenvalue weighted by molar-refractivity contribution is -0.417. The molecule has 0 radical (unpaired) electrons. The Kier molecular flexibility index (Phi) is 8.02. The van der Waals surface area contributed by atoms with E-state index in [-0.39, 0.29) is 0 Å². The molecule has 0 saturated heterocycles. The largest absolute Gasteiger partial charge is 0.438 e. The van der Waals surface area contributed by atoms with Crippen LogP contribution in [0.5, 0.6) is 0 Å². The van der Waals surface area contributed by atoms with Crippen LogP contribution in [0.3, 0.4) is 0 Å². The molecule has 0 aromatic heterocycles. The summed E-state index contributed by atoms with van der Waals surface area (Å²) in [6.07, 6.45) is -12.4. The Morgan fingerprint density at radius 3 is 1.23 bits per heavy atom. The van der Waals surface area contributed by atoms with Crippen LogP contribution in [-0.4, -0.2) is 54.0 Å². The van der Waals surface area contributed by atoms with Gasteiger partial charge >= 0.3 is 51.2 Å². The van der Waals surface area contributed by atoms with E-state index < -0.39 is 83.3 Å². The summed E-state index contributed by atoms with van der Waals surface area (Å²) in [5, 5.41) is -7.52. The average Bonchev–Trinajstić information content (AvgIpc) is 2.51. The summed E-state index contributed by atoms with van der Waals surface area (Å²) in [7, 11) is -7.64. The molecule has 0 aromatic carbocycles. The van der Waals surface area contributed by atoms with E-state index in [1.807, 2.05) is 0 Å². The monoisotopic (exact) mass is 520 g/mol. The maximum absolute atomic E-state index is 13.4. The van der Waals surface area contributed by atoms with Crippen LogP contribution in [0.25, 0.3) is 0 Å². The highest BCUT2D eigenvalue weighted by Gasteiger charge is 2.91. The molecule has 19 heteroatoms. The van der Waals surface area contributed by atoms with Crippen molar-refractivity contribution in [1.29, 1.82) is 0 Å². The summed E-state index contributed by atoms with van der Waals surface area (Å²) >= 11 is 0. The molecule has 0 atom stereocenters. The molecular weight excluding hydrogens is 509 g/mol. The molecule has 0 aromatic rings. The standard InChI is InChI=1S/C12H11F15O3S/c13-6(14,4-2-1-3-5-7(15,16)17)8(18,19)9(20,21)10(22,23)11(24,25)12(26,27)31(28,29)30/h1-5H2,(H,28,29,30). The highest BCUT2D eigenvalue weighted by molar-refractivity contribution is 7.87. The first-order valence-corrected chi connectivity index (χ1v) is 8.95. The van der Waals surface area contributed by atoms with Gasteiger partial charge in [0, 0.05) is 12.8 Å². The van der Waals surface area contributed by atoms with Gasteiger partial charge in [0.15, 0.2) is 0 Å². The predicted octanol–water partition coefficient (Wildman–Crippen LogP) is 6.16. The summed E-state index contributed by atoms with van der Waals surface area (Å²) in [6.45, 7) is 0. The van der Waals surface area contributed by atoms with Crippen molar-refractivity contribution in [1.82, 2.24) is 0 Å². The molecule has 188 valence electrons. The molecule has 0 rings (SSSR count). The van der Waals surface area contributed by atoms with Crippen molar-refractivity contribution in [3.8, 4) is 0 Å². The second-order valence-corrected chi connectivity index (χ2v) is 7.63. The van der Waals surface area contributed by atoms with Gasteiger partial charge in [-0.1, -0.05) is 6.42 Å². The fraction of sp³-hybridized carbons (Fsp3) is 1.00. The van der Waals surface area contributed by atoms with Gasteiger partial charge in [-0.3, -0.25) is 4.55 Å². The third-order valence-corrected chi connectivity index (χ3v) is 4.69. The smallest absolute Gasteiger partial charge is 0.281 e. The van der Waals surface area contributed by atoms with Crippen molar-refractivity contribution in [3.63, 3.8) is 0 Å². The van der Waals surface area contributed by atoms with Crippen molar-refractivity contribution in [2.45, 2.75) is 73.1 Å². The minimum Gasteiger partial charge on any atom is -0.281 e. The van der Waals surface area contributed by atoms with Crippen LogP contribution in [0.4, 0.5) is 65.9 Å². The molecule has 0 heterocycles. The van der Waals surface area contributed by atoms with Crippen molar-refractivity contribution < 1.29 is 78.8 Å². The van der Waals surface area contributed by atoms with E-state index in [0.29, 0.717) is 0 Å². The van der Waals surface area contributed by atoms with Crippen LogP contribution < -0.4 is 0 Å². The van der Waals surface area contributed by atoms with E-state index in [9.17, 15) is 74.3 Å². The number of hydrogen-bond donors (Lipinski definition) is 1. The molecule has 0 aliphatic rings. The highest BCUT2D eigenvalue weighted by Crippen LogP contribution is 2.61. The van der Waals surface area contributed by atoms with Crippen LogP contribution in [0.2, 0.25) is 0 Å². The molecule has 0 saturated carbocycles. The number of rotatable bonds is 11. The Labute approximate surface area is 163 Å². The summed E-state index contributed by atoms with van der Waals surface area (Å²) in [4.78, 5) is 0. The van der Waals surface area contributed by atoms with Crippen LogP contribution >= 0.6 is 0 Å². The second-order valence-electron chi connectivity index (χ2n) is 6.17. The van der Waals surface area contributed by atoms with Gasteiger partial charge in [-0.25, -0.2) is 0 Å². The minimum atomic E-state index is -8.18. The Bertz CT molecular complexity index is 726. The van der Waals surface area contributed by atoms with E-state index in [1.54, 1.807) is 0 Å². The van der Waals surface area contributed by atoms with Gasteiger partial charge in [0.2, 0.25) is 0 Å². The highest BCUT2D eigenvalue weighted by atomic mass is 32.2. The van der Waals surface area contributed by atoms with Gasteiger partial charge in [-0.2, -0.15) is 74.3 Å². The average molecular weight is 520 g/mol. The maximum atomic E-state index is 13.4. The van der Waals surface area contributed by atoms with Crippen LogP contribution in [0.1, 0.15) is 32.1 Å². The molecule has 0 aliphatic heterocycles. The molecule has 1 N–H and O–H groups in total. The van der Waals surface area contributed by atoms with Crippen molar-refractivity contribution in [3.05, 3.63) is 0 Å². The Morgan fingerprint density at radius 2 is 0.871 bits per heavy atom. The fourth-order valence-electron chi connectivity index (χ4n) is 1.98. The van der Waals surface area contributed by atoms with Crippen molar-refractivity contribution in [2.24, 2.45) is 0 Å². The lowest BCUT2D eigenvalue weighted by Gasteiger charge is -2.40. The van der Waals surface area contributed by atoms with E-state index in [0.717, 1.165) is 0 Å². The summed E-state index contributed by atoms with van der Waals surface area (Å²) < 4.78 is 223. The first-order chi connectivity index (χ1) is 13.2. The van der Waals surface area contributed by atoms with Gasteiger partial charge in [0.1, 0.15) is 0 Å². The van der Waals surface area contributed by atoms with Crippen LogP contribution in [-0.2, 0) is 10.1 Å². The topological polar surface area (TPSA) is 54.4 Å². The maximum Gasteiger partial charge on any atom is 0.438 e. The second kappa shape index (κ2) is 8.33. The van der Waals surface area contributed by atoms with Crippen molar-refractivity contribution >= 4 is 10.1 Å². The molecule has 0 unspecified atom stereocenters. The molecule has 31 heavy (non-hydrogen) atoms. The third kappa shape index (κ3) is 5.27. The molecule has 0 amide bonds. The van der Waals surface area contributed by atoms with E-state index in [2.05, 4.69) is 0 Å². The van der Waals surface area contributed by atoms with Crippen LogP contribution in [0.15, 0.2) is 0 Å². The number of unbranched alkanes of at least 4 members (excludes halogenated alkanes) is 2. The number of hydrogen-bond acceptors (Lipinski definition) is 2. The molecule has 0 fully saturated rings. The van der Waals surface area contributed by atoms with Crippen molar-refractivity contribution in [2.75, 3.05) is 0 Å². The lowest BCUT2D eigenvalue weighted by atomic mass is 9.91. The Balaban J connectivity index is 5.88. The fourth-order valence-corrected chi connectivity index (χ4v) is 2.43. The first kappa shape index (κ1) is 29.9.